The molecule has 4 N–H and O–H groups in total. The average molecular weight is 143 g/mol. The zero-order chi connectivity index (χ0) is 7.56. The predicted octanol–water partition coefficient (Wildman–Crippen LogP) is -0.633. The Kier molecular flexibility index (Phi) is 2.65. The first kappa shape index (κ1) is 7.98. The Hall–Kier alpha value is -0.120. The van der Waals surface area contributed by atoms with E-state index in [9.17, 15) is 0 Å². The van der Waals surface area contributed by atoms with Crippen molar-refractivity contribution in [3.05, 3.63) is 0 Å². The van der Waals surface area contributed by atoms with Gasteiger partial charge in [-0.15, -0.1) is 0 Å². The summed E-state index contributed by atoms with van der Waals surface area (Å²) in [5, 5.41) is 0. The Bertz CT molecular complexity index is 95.0. The van der Waals surface area contributed by atoms with E-state index in [0.717, 1.165) is 26.1 Å². The molecule has 3 nitrogen and oxygen atoms in total. The fourth-order valence-electron chi connectivity index (χ4n) is 1.53. The van der Waals surface area contributed by atoms with Gasteiger partial charge in [0.1, 0.15) is 0 Å². The van der Waals surface area contributed by atoms with Gasteiger partial charge in [0.15, 0.2) is 0 Å². The van der Waals surface area contributed by atoms with Crippen LogP contribution < -0.4 is 11.5 Å². The third-order valence-corrected chi connectivity index (χ3v) is 2.04. The molecule has 0 spiro atoms. The molecule has 0 amide bonds. The summed E-state index contributed by atoms with van der Waals surface area (Å²) in [6.07, 6.45) is 0.983. The highest BCUT2D eigenvalue weighted by atomic mass is 15.2. The maximum absolute atomic E-state index is 5.77. The summed E-state index contributed by atoms with van der Waals surface area (Å²) < 4.78 is 0. The maximum Gasteiger partial charge on any atom is 0.0183 e. The van der Waals surface area contributed by atoms with Crippen LogP contribution in [-0.4, -0.2) is 36.6 Å². The van der Waals surface area contributed by atoms with E-state index in [1.165, 1.54) is 0 Å². The number of piperidine rings is 1. The lowest BCUT2D eigenvalue weighted by Gasteiger charge is -2.33. The summed E-state index contributed by atoms with van der Waals surface area (Å²) in [6.45, 7) is 5.25. The highest BCUT2D eigenvalue weighted by Gasteiger charge is 2.20. The molecule has 0 radical (unpaired) electrons. The molecule has 1 rings (SSSR count). The van der Waals surface area contributed by atoms with Crippen molar-refractivity contribution in [1.29, 1.82) is 0 Å². The molecule has 3 heteroatoms. The molecule has 0 bridgehead atoms. The fraction of sp³-hybridized carbons (Fsp3) is 1.00. The standard InChI is InChI=1S/C7H17N3/c1-2-10-4-6(8)3-7(9)5-10/h6-7H,2-5,8-9H2,1H3/t6-,7+. The molecule has 1 aliphatic heterocycles. The van der Waals surface area contributed by atoms with Crippen LogP contribution in [0.1, 0.15) is 13.3 Å². The Morgan fingerprint density at radius 3 is 2.20 bits per heavy atom. The number of rotatable bonds is 1. The van der Waals surface area contributed by atoms with Crippen molar-refractivity contribution in [2.24, 2.45) is 11.5 Å². The van der Waals surface area contributed by atoms with Crippen LogP contribution in [0.25, 0.3) is 0 Å². The van der Waals surface area contributed by atoms with Crippen LogP contribution in [0.5, 0.6) is 0 Å². The normalized spacial score (nSPS) is 36.3. The van der Waals surface area contributed by atoms with Crippen LogP contribution >= 0.6 is 0 Å². The van der Waals surface area contributed by atoms with Crippen molar-refractivity contribution in [2.75, 3.05) is 19.6 Å². The van der Waals surface area contributed by atoms with Crippen LogP contribution in [0.4, 0.5) is 0 Å². The third kappa shape index (κ3) is 1.94. The van der Waals surface area contributed by atoms with E-state index in [1.54, 1.807) is 0 Å². The number of nitrogens with two attached hydrogens (primary N) is 2. The molecule has 1 fully saturated rings. The van der Waals surface area contributed by atoms with Crippen molar-refractivity contribution in [3.63, 3.8) is 0 Å². The summed E-state index contributed by atoms with van der Waals surface area (Å²) in [7, 11) is 0. The minimum absolute atomic E-state index is 0.295. The fourth-order valence-corrected chi connectivity index (χ4v) is 1.53. The van der Waals surface area contributed by atoms with Gasteiger partial charge >= 0.3 is 0 Å². The van der Waals surface area contributed by atoms with Crippen LogP contribution in [0, 0.1) is 0 Å². The average Bonchev–Trinajstić information content (AvgIpc) is 1.85. The summed E-state index contributed by atoms with van der Waals surface area (Å²) in [5.74, 6) is 0. The molecule has 0 aromatic rings. The molecule has 0 saturated carbocycles. The molecule has 0 aliphatic carbocycles. The van der Waals surface area contributed by atoms with E-state index < -0.39 is 0 Å². The molecule has 0 aromatic heterocycles. The second-order valence-electron chi connectivity index (χ2n) is 3.11. The van der Waals surface area contributed by atoms with Crippen molar-refractivity contribution in [1.82, 2.24) is 4.90 Å². The Labute approximate surface area is 62.4 Å². The number of nitrogens with zero attached hydrogens (tertiary/aromatic N) is 1. The minimum atomic E-state index is 0.295. The van der Waals surface area contributed by atoms with Gasteiger partial charge in [0.25, 0.3) is 0 Å². The molecular weight excluding hydrogens is 126 g/mol. The van der Waals surface area contributed by atoms with E-state index in [4.69, 9.17) is 11.5 Å². The zero-order valence-corrected chi connectivity index (χ0v) is 6.59. The Morgan fingerprint density at radius 2 is 1.80 bits per heavy atom. The third-order valence-electron chi connectivity index (χ3n) is 2.04. The van der Waals surface area contributed by atoms with Gasteiger partial charge in [-0.1, -0.05) is 6.92 Å². The van der Waals surface area contributed by atoms with Crippen LogP contribution in [0.2, 0.25) is 0 Å². The second-order valence-corrected chi connectivity index (χ2v) is 3.11. The molecule has 2 atom stereocenters. The summed E-state index contributed by atoms with van der Waals surface area (Å²) in [4.78, 5) is 2.30. The summed E-state index contributed by atoms with van der Waals surface area (Å²) in [6, 6.07) is 0.590. The van der Waals surface area contributed by atoms with Gasteiger partial charge < -0.3 is 16.4 Å². The molecular formula is C7H17N3. The van der Waals surface area contributed by atoms with Gasteiger partial charge in [-0.3, -0.25) is 0 Å². The van der Waals surface area contributed by atoms with Crippen molar-refractivity contribution in [2.45, 2.75) is 25.4 Å². The van der Waals surface area contributed by atoms with Crippen LogP contribution in [0.15, 0.2) is 0 Å². The molecule has 0 unspecified atom stereocenters. The SMILES string of the molecule is CCN1C[C@H](N)C[C@H](N)C1. The number of likely N-dealkylation sites (tertiary alicyclic amines) is 1. The summed E-state index contributed by atoms with van der Waals surface area (Å²) in [5.41, 5.74) is 11.5. The van der Waals surface area contributed by atoms with Gasteiger partial charge in [0, 0.05) is 25.2 Å². The first-order chi connectivity index (χ1) is 4.72. The predicted molar refractivity (Wildman–Crippen MR) is 42.7 cm³/mol. The largest absolute Gasteiger partial charge is 0.326 e. The van der Waals surface area contributed by atoms with Gasteiger partial charge in [0.05, 0.1) is 0 Å². The van der Waals surface area contributed by atoms with Gasteiger partial charge in [0.2, 0.25) is 0 Å². The molecule has 60 valence electrons. The monoisotopic (exact) mass is 143 g/mol. The van der Waals surface area contributed by atoms with Crippen LogP contribution in [0.3, 0.4) is 0 Å². The minimum Gasteiger partial charge on any atom is -0.326 e. The lowest BCUT2D eigenvalue weighted by molar-refractivity contribution is 0.199. The highest BCUT2D eigenvalue weighted by Crippen LogP contribution is 2.06. The van der Waals surface area contributed by atoms with Crippen molar-refractivity contribution >= 4 is 0 Å². The molecule has 10 heavy (non-hydrogen) atoms. The first-order valence-corrected chi connectivity index (χ1v) is 3.96. The van der Waals surface area contributed by atoms with Gasteiger partial charge in [-0.05, 0) is 13.0 Å². The van der Waals surface area contributed by atoms with E-state index in [-0.39, 0.29) is 0 Å². The van der Waals surface area contributed by atoms with Crippen LogP contribution in [-0.2, 0) is 0 Å². The maximum atomic E-state index is 5.77. The number of hydrogen-bond acceptors (Lipinski definition) is 3. The Morgan fingerprint density at radius 1 is 1.30 bits per heavy atom. The quantitative estimate of drug-likeness (QED) is 0.513. The number of hydrogen-bond donors (Lipinski definition) is 2. The van der Waals surface area contributed by atoms with E-state index in [0.29, 0.717) is 12.1 Å². The lowest BCUT2D eigenvalue weighted by atomic mass is 10.0. The Balaban J connectivity index is 2.35. The molecule has 1 heterocycles. The molecule has 1 aliphatic rings. The first-order valence-electron chi connectivity index (χ1n) is 3.96. The topological polar surface area (TPSA) is 55.3 Å². The highest BCUT2D eigenvalue weighted by molar-refractivity contribution is 4.82. The second kappa shape index (κ2) is 3.32. The van der Waals surface area contributed by atoms with Crippen molar-refractivity contribution < 1.29 is 0 Å². The zero-order valence-electron chi connectivity index (χ0n) is 6.59. The lowest BCUT2D eigenvalue weighted by Crippen LogP contribution is -2.51. The van der Waals surface area contributed by atoms with Crippen molar-refractivity contribution in [3.8, 4) is 0 Å². The smallest absolute Gasteiger partial charge is 0.0183 e. The van der Waals surface area contributed by atoms with Gasteiger partial charge in [-0.25, -0.2) is 0 Å². The molecule has 0 aromatic carbocycles. The molecule has 1 saturated heterocycles. The van der Waals surface area contributed by atoms with E-state index in [1.807, 2.05) is 0 Å². The number of likely N-dealkylation sites (N-methyl/N-ethyl adjacent to an activating group) is 1. The van der Waals surface area contributed by atoms with E-state index in [2.05, 4.69) is 11.8 Å². The van der Waals surface area contributed by atoms with Gasteiger partial charge in [-0.2, -0.15) is 0 Å². The summed E-state index contributed by atoms with van der Waals surface area (Å²) >= 11 is 0. The van der Waals surface area contributed by atoms with E-state index >= 15 is 0 Å².